The second-order valence-electron chi connectivity index (χ2n) is 5.41. The molecule has 0 fully saturated rings. The van der Waals surface area contributed by atoms with Gasteiger partial charge in [0.15, 0.2) is 0 Å². The molecule has 0 spiro atoms. The summed E-state index contributed by atoms with van der Waals surface area (Å²) in [6.07, 6.45) is 0.199. The summed E-state index contributed by atoms with van der Waals surface area (Å²) in [4.78, 5) is 21.2. The Morgan fingerprint density at radius 1 is 0.880 bits per heavy atom. The van der Waals surface area contributed by atoms with Crippen molar-refractivity contribution in [2.75, 3.05) is 7.11 Å². The van der Waals surface area contributed by atoms with Gasteiger partial charge < -0.3 is 21.3 Å². The van der Waals surface area contributed by atoms with Crippen LogP contribution in [0.25, 0.3) is 0 Å². The van der Waals surface area contributed by atoms with Crippen LogP contribution in [0.4, 0.5) is 0 Å². The van der Waals surface area contributed by atoms with E-state index in [-0.39, 0.29) is 24.9 Å². The second kappa shape index (κ2) is 11.0. The average Bonchev–Trinajstić information content (AvgIpc) is 2.63. The van der Waals surface area contributed by atoms with Gasteiger partial charge in [-0.3, -0.25) is 9.59 Å². The zero-order valence-electron chi connectivity index (χ0n) is 14.2. The molecule has 0 aliphatic rings. The first-order chi connectivity index (χ1) is 11.9. The molecule has 2 aromatic rings. The van der Waals surface area contributed by atoms with Gasteiger partial charge in [0.25, 0.3) is 0 Å². The van der Waals surface area contributed by atoms with Crippen LogP contribution in [-0.2, 0) is 14.3 Å². The number of hydrogen-bond donors (Lipinski definition) is 3. The van der Waals surface area contributed by atoms with Crippen LogP contribution in [0.15, 0.2) is 60.7 Å². The lowest BCUT2D eigenvalue weighted by atomic mass is 10.1. The lowest BCUT2D eigenvalue weighted by Gasteiger charge is -2.09. The minimum absolute atomic E-state index is 0.0238. The molecule has 6 heteroatoms. The standard InChI is InChI=1S/C10H13NO2.C9H11NO2/c1-13-10(12)7-9(11)8-5-3-2-4-6-8;10-8(6-9(11)12)7-4-2-1-3-5-7/h2-6,9H,7,11H2,1H3;1-5,8H,6,10H2,(H,11,12). The molecule has 0 aromatic heterocycles. The summed E-state index contributed by atoms with van der Waals surface area (Å²) in [6.45, 7) is 0. The number of carboxylic acid groups (broad SMARTS) is 1. The largest absolute Gasteiger partial charge is 0.481 e. The lowest BCUT2D eigenvalue weighted by Crippen LogP contribution is -2.16. The summed E-state index contributed by atoms with van der Waals surface area (Å²) < 4.78 is 4.52. The van der Waals surface area contributed by atoms with Gasteiger partial charge in [-0.05, 0) is 11.1 Å². The van der Waals surface area contributed by atoms with E-state index < -0.39 is 12.0 Å². The first-order valence-electron chi connectivity index (χ1n) is 7.83. The first kappa shape index (κ1) is 20.3. The Labute approximate surface area is 147 Å². The predicted molar refractivity (Wildman–Crippen MR) is 95.6 cm³/mol. The number of nitrogens with two attached hydrogens (primary N) is 2. The molecule has 2 aromatic carbocycles. The zero-order chi connectivity index (χ0) is 18.7. The highest BCUT2D eigenvalue weighted by Gasteiger charge is 2.10. The molecule has 2 rings (SSSR count). The van der Waals surface area contributed by atoms with E-state index in [0.717, 1.165) is 11.1 Å². The zero-order valence-corrected chi connectivity index (χ0v) is 14.2. The molecule has 2 unspecified atom stereocenters. The normalized spacial score (nSPS) is 12.3. The molecule has 0 aliphatic heterocycles. The number of rotatable bonds is 6. The minimum atomic E-state index is -0.869. The van der Waals surface area contributed by atoms with E-state index in [1.165, 1.54) is 7.11 Å². The summed E-state index contributed by atoms with van der Waals surface area (Å²) in [6, 6.07) is 18.0. The molecule has 5 N–H and O–H groups in total. The molecule has 6 nitrogen and oxygen atoms in total. The fourth-order valence-electron chi connectivity index (χ4n) is 2.09. The summed E-state index contributed by atoms with van der Waals surface area (Å²) in [5.41, 5.74) is 13.2. The maximum atomic E-state index is 10.9. The molecule has 2 atom stereocenters. The van der Waals surface area contributed by atoms with Crippen molar-refractivity contribution >= 4 is 11.9 Å². The van der Waals surface area contributed by atoms with Gasteiger partial charge in [-0.25, -0.2) is 0 Å². The number of esters is 1. The Hall–Kier alpha value is -2.70. The van der Waals surface area contributed by atoms with Crippen molar-refractivity contribution in [1.82, 2.24) is 0 Å². The van der Waals surface area contributed by atoms with Gasteiger partial charge in [-0.1, -0.05) is 60.7 Å². The Balaban J connectivity index is 0.000000251. The first-order valence-corrected chi connectivity index (χ1v) is 7.83. The molecule has 0 saturated heterocycles. The van der Waals surface area contributed by atoms with Gasteiger partial charge in [0.1, 0.15) is 0 Å². The Kier molecular flexibility index (Phi) is 8.92. The van der Waals surface area contributed by atoms with E-state index in [0.29, 0.717) is 0 Å². The van der Waals surface area contributed by atoms with Crippen LogP contribution in [0.1, 0.15) is 36.1 Å². The van der Waals surface area contributed by atoms with Crippen LogP contribution in [0.5, 0.6) is 0 Å². The van der Waals surface area contributed by atoms with E-state index in [1.54, 1.807) is 0 Å². The summed E-state index contributed by atoms with van der Waals surface area (Å²) >= 11 is 0. The third-order valence-electron chi connectivity index (χ3n) is 3.46. The van der Waals surface area contributed by atoms with Crippen LogP contribution in [0.2, 0.25) is 0 Å². The van der Waals surface area contributed by atoms with Gasteiger partial charge in [0.2, 0.25) is 0 Å². The van der Waals surface area contributed by atoms with Gasteiger partial charge in [0, 0.05) is 12.1 Å². The number of carboxylic acids is 1. The lowest BCUT2D eigenvalue weighted by molar-refractivity contribution is -0.141. The highest BCUT2D eigenvalue weighted by atomic mass is 16.5. The number of hydrogen-bond acceptors (Lipinski definition) is 5. The number of aliphatic carboxylic acids is 1. The van der Waals surface area contributed by atoms with Gasteiger partial charge in [0.05, 0.1) is 20.0 Å². The monoisotopic (exact) mass is 344 g/mol. The van der Waals surface area contributed by atoms with E-state index in [4.69, 9.17) is 16.6 Å². The van der Waals surface area contributed by atoms with Crippen LogP contribution in [-0.4, -0.2) is 24.2 Å². The Bertz CT molecular complexity index is 647. The number of carbonyl (C=O) groups excluding carboxylic acids is 1. The van der Waals surface area contributed by atoms with E-state index in [2.05, 4.69) is 4.74 Å². The van der Waals surface area contributed by atoms with Crippen LogP contribution in [0.3, 0.4) is 0 Å². The van der Waals surface area contributed by atoms with Gasteiger partial charge >= 0.3 is 11.9 Å². The van der Waals surface area contributed by atoms with Crippen molar-refractivity contribution in [3.8, 4) is 0 Å². The Morgan fingerprint density at radius 3 is 1.64 bits per heavy atom. The summed E-state index contributed by atoms with van der Waals surface area (Å²) in [7, 11) is 1.36. The molecule has 0 aliphatic carbocycles. The predicted octanol–water partition coefficient (Wildman–Crippen LogP) is 2.41. The van der Waals surface area contributed by atoms with Crippen molar-refractivity contribution in [2.24, 2.45) is 11.5 Å². The number of benzene rings is 2. The SMILES string of the molecule is COC(=O)CC(N)c1ccccc1.NC(CC(=O)O)c1ccccc1. The third kappa shape index (κ3) is 8.10. The third-order valence-corrected chi connectivity index (χ3v) is 3.46. The van der Waals surface area contributed by atoms with Crippen LogP contribution >= 0.6 is 0 Å². The summed E-state index contributed by atoms with van der Waals surface area (Å²) in [5.74, 6) is -1.15. The van der Waals surface area contributed by atoms with Crippen molar-refractivity contribution in [2.45, 2.75) is 24.9 Å². The molecular weight excluding hydrogens is 320 g/mol. The van der Waals surface area contributed by atoms with Crippen LogP contribution in [0, 0.1) is 0 Å². The maximum Gasteiger partial charge on any atom is 0.307 e. The number of carbonyl (C=O) groups is 2. The second-order valence-corrected chi connectivity index (χ2v) is 5.41. The fraction of sp³-hybridized carbons (Fsp3) is 0.263. The number of methoxy groups -OCH3 is 1. The highest BCUT2D eigenvalue weighted by molar-refractivity contribution is 5.70. The average molecular weight is 344 g/mol. The maximum absolute atomic E-state index is 10.9. The van der Waals surface area contributed by atoms with Crippen molar-refractivity contribution in [3.63, 3.8) is 0 Å². The van der Waals surface area contributed by atoms with E-state index in [9.17, 15) is 9.59 Å². The van der Waals surface area contributed by atoms with Gasteiger partial charge in [-0.2, -0.15) is 0 Å². The van der Waals surface area contributed by atoms with E-state index in [1.807, 2.05) is 60.7 Å². The topological polar surface area (TPSA) is 116 Å². The molecule has 0 amide bonds. The molecule has 134 valence electrons. The van der Waals surface area contributed by atoms with E-state index >= 15 is 0 Å². The molecule has 0 bridgehead atoms. The summed E-state index contributed by atoms with van der Waals surface area (Å²) in [5, 5.41) is 8.47. The highest BCUT2D eigenvalue weighted by Crippen LogP contribution is 2.13. The van der Waals surface area contributed by atoms with Crippen molar-refractivity contribution in [1.29, 1.82) is 0 Å². The fourth-order valence-corrected chi connectivity index (χ4v) is 2.09. The molecule has 0 radical (unpaired) electrons. The van der Waals surface area contributed by atoms with Crippen molar-refractivity contribution in [3.05, 3.63) is 71.8 Å². The number of ether oxygens (including phenoxy) is 1. The smallest absolute Gasteiger partial charge is 0.307 e. The molecular formula is C19H24N2O4. The van der Waals surface area contributed by atoms with Crippen molar-refractivity contribution < 1.29 is 19.4 Å². The molecule has 25 heavy (non-hydrogen) atoms. The molecule has 0 saturated carbocycles. The molecule has 0 heterocycles. The van der Waals surface area contributed by atoms with Crippen LogP contribution < -0.4 is 11.5 Å². The minimum Gasteiger partial charge on any atom is -0.481 e. The van der Waals surface area contributed by atoms with Gasteiger partial charge in [-0.15, -0.1) is 0 Å². The Morgan fingerprint density at radius 2 is 1.28 bits per heavy atom. The quantitative estimate of drug-likeness (QED) is 0.693.